The molecule has 0 aliphatic heterocycles. The van der Waals surface area contributed by atoms with E-state index in [0.717, 1.165) is 19.3 Å². The summed E-state index contributed by atoms with van der Waals surface area (Å²) in [7, 11) is 0. The maximum absolute atomic E-state index is 8.42. The summed E-state index contributed by atoms with van der Waals surface area (Å²) in [5.41, 5.74) is 0. The van der Waals surface area contributed by atoms with E-state index in [9.17, 15) is 0 Å². The molecule has 11 heavy (non-hydrogen) atoms. The molecule has 0 heterocycles. The highest BCUT2D eigenvalue weighted by molar-refractivity contribution is 4.95. The summed E-state index contributed by atoms with van der Waals surface area (Å²) in [5, 5.41) is 8.42. The molecule has 0 aromatic rings. The summed E-state index contributed by atoms with van der Waals surface area (Å²) >= 11 is 0. The quantitative estimate of drug-likeness (QED) is 0.580. The minimum atomic E-state index is 0.243. The highest BCUT2D eigenvalue weighted by Crippen LogP contribution is 1.90. The molecule has 0 atom stereocenters. The highest BCUT2D eigenvalue weighted by atomic mass is 16.2. The van der Waals surface area contributed by atoms with Gasteiger partial charge in [0.25, 0.3) is 0 Å². The predicted octanol–water partition coefficient (Wildman–Crippen LogP) is 2.45. The third kappa shape index (κ3) is 9.18. The molecule has 0 aromatic carbocycles. The van der Waals surface area contributed by atoms with E-state index < -0.39 is 0 Å². The Morgan fingerprint density at radius 2 is 1.64 bits per heavy atom. The summed E-state index contributed by atoms with van der Waals surface area (Å²) in [5.74, 6) is 0. The summed E-state index contributed by atoms with van der Waals surface area (Å²) in [6.07, 6.45) is 12.7. The molecule has 62 valence electrons. The molecule has 0 fully saturated rings. The average Bonchev–Trinajstić information content (AvgIpc) is 2.03. The zero-order valence-electron chi connectivity index (χ0n) is 6.87. The van der Waals surface area contributed by atoms with Gasteiger partial charge in [-0.15, -0.1) is 6.58 Å². The van der Waals surface area contributed by atoms with Gasteiger partial charge in [0.1, 0.15) is 0 Å². The largest absolute Gasteiger partial charge is 0.396 e. The predicted molar refractivity (Wildman–Crippen MR) is 49.4 cm³/mol. The molecule has 0 aliphatic carbocycles. The lowest BCUT2D eigenvalue weighted by molar-refractivity contribution is 0.302. The van der Waals surface area contributed by atoms with E-state index in [1.807, 2.05) is 12.2 Å². The van der Waals surface area contributed by atoms with Crippen LogP contribution in [-0.2, 0) is 0 Å². The zero-order chi connectivity index (χ0) is 8.36. The van der Waals surface area contributed by atoms with Crippen molar-refractivity contribution in [3.63, 3.8) is 0 Å². The fourth-order valence-electron chi connectivity index (χ4n) is 0.656. The molecule has 0 saturated carbocycles. The first kappa shape index (κ1) is 10.2. The fourth-order valence-corrected chi connectivity index (χ4v) is 0.656. The molecule has 0 amide bonds. The van der Waals surface area contributed by atoms with Gasteiger partial charge in [0, 0.05) is 6.61 Å². The first-order valence-electron chi connectivity index (χ1n) is 3.93. The minimum absolute atomic E-state index is 0.243. The van der Waals surface area contributed by atoms with E-state index in [0.29, 0.717) is 0 Å². The molecular formula is C10H16O. The minimum Gasteiger partial charge on any atom is -0.396 e. The highest BCUT2D eigenvalue weighted by Gasteiger charge is 1.73. The first-order chi connectivity index (χ1) is 5.41. The molecular weight excluding hydrogens is 136 g/mol. The molecule has 1 heteroatoms. The van der Waals surface area contributed by atoms with Crippen molar-refractivity contribution in [2.75, 3.05) is 6.61 Å². The zero-order valence-corrected chi connectivity index (χ0v) is 6.87. The van der Waals surface area contributed by atoms with Crippen molar-refractivity contribution in [3.8, 4) is 0 Å². The second kappa shape index (κ2) is 9.18. The van der Waals surface area contributed by atoms with Crippen LogP contribution < -0.4 is 0 Å². The Bertz CT molecular complexity index is 134. The smallest absolute Gasteiger partial charge is 0.0465 e. The van der Waals surface area contributed by atoms with Gasteiger partial charge >= 0.3 is 0 Å². The first-order valence-corrected chi connectivity index (χ1v) is 3.93. The lowest BCUT2D eigenvalue weighted by Gasteiger charge is -1.83. The van der Waals surface area contributed by atoms with E-state index in [-0.39, 0.29) is 6.61 Å². The molecule has 0 aliphatic rings. The van der Waals surface area contributed by atoms with E-state index in [2.05, 4.69) is 24.8 Å². The van der Waals surface area contributed by atoms with Crippen LogP contribution in [0.5, 0.6) is 0 Å². The van der Waals surface area contributed by atoms with Crippen molar-refractivity contribution >= 4 is 0 Å². The number of aliphatic hydroxyl groups excluding tert-OH is 1. The van der Waals surface area contributed by atoms with Crippen molar-refractivity contribution in [2.24, 2.45) is 0 Å². The SMILES string of the molecule is C=CCC=CCC=CCCO. The van der Waals surface area contributed by atoms with Crippen LogP contribution in [0.15, 0.2) is 37.0 Å². The molecule has 0 rings (SSSR count). The Balaban J connectivity index is 3.17. The third-order valence-electron chi connectivity index (χ3n) is 1.20. The topological polar surface area (TPSA) is 20.2 Å². The van der Waals surface area contributed by atoms with Crippen molar-refractivity contribution in [1.82, 2.24) is 0 Å². The number of hydrogen-bond acceptors (Lipinski definition) is 1. The maximum atomic E-state index is 8.42. The second-order valence-corrected chi connectivity index (χ2v) is 2.22. The monoisotopic (exact) mass is 152 g/mol. The van der Waals surface area contributed by atoms with Gasteiger partial charge in [0.2, 0.25) is 0 Å². The van der Waals surface area contributed by atoms with Crippen LogP contribution >= 0.6 is 0 Å². The molecule has 0 radical (unpaired) electrons. The van der Waals surface area contributed by atoms with Gasteiger partial charge in [-0.1, -0.05) is 30.4 Å². The third-order valence-corrected chi connectivity index (χ3v) is 1.20. The van der Waals surface area contributed by atoms with Crippen molar-refractivity contribution in [3.05, 3.63) is 37.0 Å². The molecule has 1 N–H and O–H groups in total. The van der Waals surface area contributed by atoms with Crippen LogP contribution in [0.1, 0.15) is 19.3 Å². The lowest BCUT2D eigenvalue weighted by atomic mass is 10.3. The Hall–Kier alpha value is -0.820. The van der Waals surface area contributed by atoms with Crippen molar-refractivity contribution in [2.45, 2.75) is 19.3 Å². The van der Waals surface area contributed by atoms with Gasteiger partial charge in [-0.25, -0.2) is 0 Å². The Morgan fingerprint density at radius 1 is 1.00 bits per heavy atom. The normalized spacial score (nSPS) is 11.4. The standard InChI is InChI=1S/C10H16O/c1-2-3-4-5-6-7-8-9-10-11/h2,4-5,7-8,11H,1,3,6,9-10H2. The van der Waals surface area contributed by atoms with Crippen LogP contribution in [0.4, 0.5) is 0 Å². The summed E-state index contributed by atoms with van der Waals surface area (Å²) in [6.45, 7) is 3.85. The van der Waals surface area contributed by atoms with Crippen LogP contribution in [0.3, 0.4) is 0 Å². The second-order valence-electron chi connectivity index (χ2n) is 2.22. The number of rotatable bonds is 6. The van der Waals surface area contributed by atoms with E-state index in [1.54, 1.807) is 0 Å². The van der Waals surface area contributed by atoms with Gasteiger partial charge in [0.15, 0.2) is 0 Å². The van der Waals surface area contributed by atoms with Gasteiger partial charge in [-0.2, -0.15) is 0 Å². The number of hydrogen-bond donors (Lipinski definition) is 1. The average molecular weight is 152 g/mol. The van der Waals surface area contributed by atoms with Crippen LogP contribution in [0.25, 0.3) is 0 Å². The Kier molecular flexibility index (Phi) is 8.50. The summed E-state index contributed by atoms with van der Waals surface area (Å²) in [4.78, 5) is 0. The van der Waals surface area contributed by atoms with Gasteiger partial charge in [-0.05, 0) is 19.3 Å². The Morgan fingerprint density at radius 3 is 2.27 bits per heavy atom. The fraction of sp³-hybridized carbons (Fsp3) is 0.400. The molecule has 0 bridgehead atoms. The number of aliphatic hydroxyl groups is 1. The molecule has 0 spiro atoms. The van der Waals surface area contributed by atoms with E-state index in [4.69, 9.17) is 5.11 Å². The van der Waals surface area contributed by atoms with Crippen LogP contribution in [0.2, 0.25) is 0 Å². The summed E-state index contributed by atoms with van der Waals surface area (Å²) in [6, 6.07) is 0. The van der Waals surface area contributed by atoms with Gasteiger partial charge < -0.3 is 5.11 Å². The van der Waals surface area contributed by atoms with Gasteiger partial charge in [-0.3, -0.25) is 0 Å². The molecule has 0 aromatic heterocycles. The maximum Gasteiger partial charge on any atom is 0.0465 e. The van der Waals surface area contributed by atoms with E-state index in [1.165, 1.54) is 0 Å². The molecule has 1 nitrogen and oxygen atoms in total. The van der Waals surface area contributed by atoms with Crippen LogP contribution in [-0.4, -0.2) is 11.7 Å². The van der Waals surface area contributed by atoms with Crippen molar-refractivity contribution in [1.29, 1.82) is 0 Å². The van der Waals surface area contributed by atoms with Crippen LogP contribution in [0, 0.1) is 0 Å². The number of allylic oxidation sites excluding steroid dienone is 4. The Labute approximate surface area is 68.7 Å². The molecule has 0 unspecified atom stereocenters. The molecule has 0 saturated heterocycles. The lowest BCUT2D eigenvalue weighted by Crippen LogP contribution is -1.74. The summed E-state index contributed by atoms with van der Waals surface area (Å²) < 4.78 is 0. The van der Waals surface area contributed by atoms with Crippen molar-refractivity contribution < 1.29 is 5.11 Å². The van der Waals surface area contributed by atoms with Gasteiger partial charge in [0.05, 0.1) is 0 Å². The van der Waals surface area contributed by atoms with E-state index >= 15 is 0 Å².